The fraction of sp³-hybridized carbons (Fsp3) is 0.259. The fourth-order valence-electron chi connectivity index (χ4n) is 4.71. The van der Waals surface area contributed by atoms with E-state index in [9.17, 15) is 25.5 Å². The molecule has 0 saturated carbocycles. The van der Waals surface area contributed by atoms with Gasteiger partial charge in [-0.15, -0.1) is 0 Å². The zero-order chi connectivity index (χ0) is 24.7. The highest BCUT2D eigenvalue weighted by atomic mass is 35.5. The lowest BCUT2D eigenvalue weighted by atomic mass is 9.91. The molecule has 1 fully saturated rings. The van der Waals surface area contributed by atoms with Gasteiger partial charge >= 0.3 is 0 Å². The number of fused-ring (bicyclic) bond motifs is 1. The molecule has 5 atom stereocenters. The van der Waals surface area contributed by atoms with Gasteiger partial charge in [-0.2, -0.15) is 0 Å². The lowest BCUT2D eigenvalue weighted by molar-refractivity contribution is -0.231. The van der Waals surface area contributed by atoms with Crippen molar-refractivity contribution in [1.29, 1.82) is 0 Å². The Hall–Kier alpha value is -2.91. The number of aliphatic hydroxyl groups excluding tert-OH is 4. The van der Waals surface area contributed by atoms with E-state index < -0.39 is 37.1 Å². The number of hydrogen-bond acceptors (Lipinski definition) is 6. The predicted octanol–water partition coefficient (Wildman–Crippen LogP) is 3.23. The number of phenolic OH excluding ortho intramolecular Hbond substituents is 1. The summed E-state index contributed by atoms with van der Waals surface area (Å²) in [5.41, 5.74) is 4.40. The van der Waals surface area contributed by atoms with Gasteiger partial charge in [-0.25, -0.2) is 0 Å². The van der Waals surface area contributed by atoms with E-state index in [0.717, 1.165) is 27.6 Å². The van der Waals surface area contributed by atoms with Crippen LogP contribution in [0.5, 0.6) is 5.75 Å². The zero-order valence-electron chi connectivity index (χ0n) is 18.7. The molecule has 35 heavy (non-hydrogen) atoms. The third-order valence-corrected chi connectivity index (χ3v) is 6.89. The third-order valence-electron chi connectivity index (χ3n) is 6.59. The van der Waals surface area contributed by atoms with Crippen molar-refractivity contribution < 1.29 is 30.3 Å². The van der Waals surface area contributed by atoms with E-state index in [-0.39, 0.29) is 5.75 Å². The van der Waals surface area contributed by atoms with E-state index >= 15 is 0 Å². The van der Waals surface area contributed by atoms with Crippen molar-refractivity contribution in [3.8, 4) is 16.9 Å². The van der Waals surface area contributed by atoms with Gasteiger partial charge in [-0.1, -0.05) is 60.1 Å². The maximum Gasteiger partial charge on any atom is 0.115 e. The Morgan fingerprint density at radius 1 is 0.829 bits per heavy atom. The summed E-state index contributed by atoms with van der Waals surface area (Å²) in [5, 5.41) is 51.5. The lowest BCUT2D eigenvalue weighted by Gasteiger charge is -2.40. The molecule has 5 rings (SSSR count). The molecule has 1 saturated heterocycles. The van der Waals surface area contributed by atoms with E-state index in [4.69, 9.17) is 16.3 Å². The predicted molar refractivity (Wildman–Crippen MR) is 132 cm³/mol. The molecule has 0 amide bonds. The Labute approximate surface area is 207 Å². The lowest BCUT2D eigenvalue weighted by Crippen LogP contribution is -2.55. The summed E-state index contributed by atoms with van der Waals surface area (Å²) >= 11 is 6.57. The van der Waals surface area contributed by atoms with E-state index in [1.807, 2.05) is 53.2 Å². The minimum atomic E-state index is -1.46. The number of hydrogen-bond donors (Lipinski definition) is 5. The summed E-state index contributed by atoms with van der Waals surface area (Å²) in [4.78, 5) is 0. The molecule has 0 unspecified atom stereocenters. The molecule has 182 valence electrons. The molecule has 7 nitrogen and oxygen atoms in total. The molecule has 2 heterocycles. The van der Waals surface area contributed by atoms with Crippen LogP contribution in [-0.4, -0.2) is 61.1 Å². The Morgan fingerprint density at radius 2 is 1.49 bits per heavy atom. The monoisotopic (exact) mass is 495 g/mol. The molecule has 0 radical (unpaired) electrons. The van der Waals surface area contributed by atoms with E-state index in [0.29, 0.717) is 17.1 Å². The summed E-state index contributed by atoms with van der Waals surface area (Å²) in [6.07, 6.45) is -4.38. The highest BCUT2D eigenvalue weighted by Gasteiger charge is 2.44. The van der Waals surface area contributed by atoms with Gasteiger partial charge in [0, 0.05) is 23.7 Å². The number of phenols is 1. The molecule has 0 aliphatic carbocycles. The number of aromatic hydroxyl groups is 1. The van der Waals surface area contributed by atoms with Crippen LogP contribution >= 0.6 is 11.6 Å². The molecule has 3 aromatic carbocycles. The van der Waals surface area contributed by atoms with Crippen molar-refractivity contribution in [3.05, 3.63) is 89.1 Å². The normalized spacial score (nSPS) is 24.7. The zero-order valence-corrected chi connectivity index (χ0v) is 19.5. The van der Waals surface area contributed by atoms with Crippen molar-refractivity contribution in [2.45, 2.75) is 37.1 Å². The van der Waals surface area contributed by atoms with Gasteiger partial charge in [0.05, 0.1) is 17.1 Å². The maximum absolute atomic E-state index is 10.7. The molecular formula is C27H26ClNO6. The summed E-state index contributed by atoms with van der Waals surface area (Å²) in [7, 11) is 0. The van der Waals surface area contributed by atoms with Crippen LogP contribution in [0.4, 0.5) is 0 Å². The number of ether oxygens (including phenoxy) is 1. The largest absolute Gasteiger partial charge is 0.508 e. The second kappa shape index (κ2) is 9.62. The Kier molecular flexibility index (Phi) is 6.55. The van der Waals surface area contributed by atoms with Gasteiger partial charge in [0.25, 0.3) is 0 Å². The molecule has 0 bridgehead atoms. The van der Waals surface area contributed by atoms with Crippen molar-refractivity contribution >= 4 is 22.5 Å². The summed E-state index contributed by atoms with van der Waals surface area (Å²) in [6.45, 7) is 0.00172. The molecule has 4 aromatic rings. The molecule has 1 aliphatic rings. The topological polar surface area (TPSA) is 115 Å². The van der Waals surface area contributed by atoms with Crippen molar-refractivity contribution in [2.24, 2.45) is 0 Å². The molecule has 5 N–H and O–H groups in total. The molecular weight excluding hydrogens is 470 g/mol. The quantitative estimate of drug-likeness (QED) is 0.290. The first-order valence-electron chi connectivity index (χ1n) is 11.3. The van der Waals surface area contributed by atoms with Crippen LogP contribution in [-0.2, 0) is 11.3 Å². The minimum Gasteiger partial charge on any atom is -0.508 e. The van der Waals surface area contributed by atoms with Gasteiger partial charge < -0.3 is 34.8 Å². The number of nitrogens with zero attached hydrogens (tertiary/aromatic N) is 1. The Morgan fingerprint density at radius 3 is 2.14 bits per heavy atom. The van der Waals surface area contributed by atoms with Gasteiger partial charge in [-0.05, 0) is 34.9 Å². The van der Waals surface area contributed by atoms with Crippen LogP contribution in [0, 0.1) is 0 Å². The van der Waals surface area contributed by atoms with E-state index in [2.05, 4.69) is 0 Å². The number of aliphatic hydroxyl groups is 4. The molecule has 1 aliphatic heterocycles. The maximum atomic E-state index is 10.7. The number of halogens is 1. The molecule has 0 spiro atoms. The van der Waals surface area contributed by atoms with E-state index in [1.165, 1.54) is 0 Å². The number of aromatic nitrogens is 1. The van der Waals surface area contributed by atoms with Crippen LogP contribution in [0.15, 0.2) is 72.9 Å². The number of benzene rings is 3. The number of rotatable bonds is 5. The number of para-hydroxylation sites is 1. The first-order valence-corrected chi connectivity index (χ1v) is 11.7. The highest BCUT2D eigenvalue weighted by molar-refractivity contribution is 6.35. The molecule has 8 heteroatoms. The molecule has 1 aromatic heterocycles. The third kappa shape index (κ3) is 4.43. The van der Waals surface area contributed by atoms with Crippen molar-refractivity contribution in [3.63, 3.8) is 0 Å². The van der Waals surface area contributed by atoms with Crippen LogP contribution in [0.2, 0.25) is 5.02 Å². The van der Waals surface area contributed by atoms with Crippen LogP contribution in [0.3, 0.4) is 0 Å². The van der Waals surface area contributed by atoms with Crippen LogP contribution in [0.1, 0.15) is 17.2 Å². The summed E-state index contributed by atoms with van der Waals surface area (Å²) in [6, 6.07) is 20.5. The van der Waals surface area contributed by atoms with Crippen LogP contribution in [0.25, 0.3) is 22.0 Å². The van der Waals surface area contributed by atoms with Gasteiger partial charge in [0.2, 0.25) is 0 Å². The summed E-state index contributed by atoms with van der Waals surface area (Å²) < 4.78 is 7.78. The van der Waals surface area contributed by atoms with Gasteiger partial charge in [-0.3, -0.25) is 0 Å². The summed E-state index contributed by atoms with van der Waals surface area (Å²) in [5.74, 6) is 0.219. The Balaban J connectivity index is 1.49. The van der Waals surface area contributed by atoms with Crippen LogP contribution < -0.4 is 0 Å². The van der Waals surface area contributed by atoms with E-state index in [1.54, 1.807) is 24.3 Å². The highest BCUT2D eigenvalue weighted by Crippen LogP contribution is 2.39. The van der Waals surface area contributed by atoms with Gasteiger partial charge in [0.15, 0.2) is 0 Å². The average molecular weight is 496 g/mol. The van der Waals surface area contributed by atoms with Crippen molar-refractivity contribution in [1.82, 2.24) is 4.57 Å². The fourth-order valence-corrected chi connectivity index (χ4v) is 4.99. The first kappa shape index (κ1) is 23.8. The smallest absolute Gasteiger partial charge is 0.115 e. The average Bonchev–Trinajstić information content (AvgIpc) is 3.23. The van der Waals surface area contributed by atoms with Gasteiger partial charge in [0.1, 0.15) is 36.3 Å². The first-order chi connectivity index (χ1) is 16.9. The second-order valence-electron chi connectivity index (χ2n) is 8.84. The van der Waals surface area contributed by atoms with Crippen molar-refractivity contribution in [2.75, 3.05) is 6.61 Å². The minimum absolute atomic E-state index is 0.219. The standard InChI is InChI=1S/C27H26ClNO6/c28-21-3-1-2-19-20(27-26(34)25(33)24(32)22(14-30)35-27)13-29(23(19)21)12-15-4-6-16(7-5-15)17-8-10-18(31)11-9-17/h1-11,13,22,24-27,30-34H,12,14H2/t22-,24-,25+,26-,27+/m1/s1. The Bertz CT molecular complexity index is 1320. The SMILES string of the molecule is OC[C@H]1O[C@@H](c2cn(Cc3ccc(-c4ccc(O)cc4)cc3)c3c(Cl)cccc23)[C@H](O)[C@@H](O)[C@@H]1O. The second-order valence-corrected chi connectivity index (χ2v) is 9.25.